The molecule has 0 saturated heterocycles. The first-order valence-electron chi connectivity index (χ1n) is 9.84. The molecule has 0 aliphatic rings. The summed E-state index contributed by atoms with van der Waals surface area (Å²) < 4.78 is 5.28. The van der Waals surface area contributed by atoms with Gasteiger partial charge in [0.05, 0.1) is 12.1 Å². The van der Waals surface area contributed by atoms with E-state index < -0.39 is 5.91 Å². The molecule has 0 spiro atoms. The van der Waals surface area contributed by atoms with Crippen molar-refractivity contribution in [1.29, 1.82) is 5.26 Å². The number of methoxy groups -OCH3 is 1. The van der Waals surface area contributed by atoms with Gasteiger partial charge in [-0.1, -0.05) is 66.2 Å². The Morgan fingerprint density at radius 3 is 2.53 bits per heavy atom. The van der Waals surface area contributed by atoms with Gasteiger partial charge >= 0.3 is 0 Å². The quantitative estimate of drug-likeness (QED) is 0.312. The molecular formula is C25H22ClN3O2S. The van der Waals surface area contributed by atoms with Gasteiger partial charge < -0.3 is 15.4 Å². The molecule has 0 unspecified atom stereocenters. The maximum atomic E-state index is 12.9. The number of nitrogens with one attached hydrogen (secondary N) is 2. The van der Waals surface area contributed by atoms with Crippen LogP contribution in [0, 0.1) is 11.3 Å². The second-order valence-electron chi connectivity index (χ2n) is 6.72. The van der Waals surface area contributed by atoms with Gasteiger partial charge in [0, 0.05) is 29.1 Å². The predicted molar refractivity (Wildman–Crippen MR) is 130 cm³/mol. The molecule has 0 aliphatic carbocycles. The molecule has 0 aromatic heterocycles. The molecular weight excluding hydrogens is 442 g/mol. The zero-order valence-corrected chi connectivity index (χ0v) is 19.0. The van der Waals surface area contributed by atoms with Gasteiger partial charge in [-0.15, -0.1) is 11.8 Å². The number of rotatable bonds is 9. The van der Waals surface area contributed by atoms with Crippen molar-refractivity contribution in [2.45, 2.75) is 12.3 Å². The van der Waals surface area contributed by atoms with Gasteiger partial charge in [-0.2, -0.15) is 5.26 Å². The van der Waals surface area contributed by atoms with Crippen molar-refractivity contribution in [2.75, 3.05) is 12.4 Å². The smallest absolute Gasteiger partial charge is 0.264 e. The minimum absolute atomic E-state index is 0.000745. The number of hydrogen-bond acceptors (Lipinski definition) is 5. The summed E-state index contributed by atoms with van der Waals surface area (Å²) in [4.78, 5) is 12.9. The SMILES string of the molecule is COc1cccc(N/C(SCc2ccccc2Cl)=C(/C#N)C(=O)NCc2ccccc2)c1. The second kappa shape index (κ2) is 11.8. The number of nitriles is 1. The van der Waals surface area contributed by atoms with Gasteiger partial charge in [0.25, 0.3) is 5.91 Å². The van der Waals surface area contributed by atoms with E-state index >= 15 is 0 Å². The average Bonchev–Trinajstić information content (AvgIpc) is 2.83. The maximum Gasteiger partial charge on any atom is 0.264 e. The monoisotopic (exact) mass is 463 g/mol. The maximum absolute atomic E-state index is 12.9. The van der Waals surface area contributed by atoms with E-state index in [9.17, 15) is 10.1 Å². The van der Waals surface area contributed by atoms with Crippen LogP contribution in [0.3, 0.4) is 0 Å². The first kappa shape index (κ1) is 23.3. The molecule has 1 amide bonds. The number of carbonyl (C=O) groups is 1. The summed E-state index contributed by atoms with van der Waals surface area (Å²) in [6, 6.07) is 26.4. The molecule has 0 bridgehead atoms. The number of hydrogen-bond donors (Lipinski definition) is 2. The van der Waals surface area contributed by atoms with E-state index in [0.29, 0.717) is 33.8 Å². The van der Waals surface area contributed by atoms with Crippen molar-refractivity contribution in [2.24, 2.45) is 0 Å². The van der Waals surface area contributed by atoms with Crippen LogP contribution in [-0.2, 0) is 17.1 Å². The van der Waals surface area contributed by atoms with Crippen LogP contribution in [0.4, 0.5) is 5.69 Å². The van der Waals surface area contributed by atoms with E-state index in [1.54, 1.807) is 13.2 Å². The Morgan fingerprint density at radius 2 is 1.81 bits per heavy atom. The summed E-state index contributed by atoms with van der Waals surface area (Å²) >= 11 is 7.63. The first-order chi connectivity index (χ1) is 15.6. The highest BCUT2D eigenvalue weighted by atomic mass is 35.5. The molecule has 0 saturated carbocycles. The topological polar surface area (TPSA) is 74.1 Å². The number of halogens is 1. The molecule has 7 heteroatoms. The summed E-state index contributed by atoms with van der Waals surface area (Å²) in [5.74, 6) is 0.703. The van der Waals surface area contributed by atoms with Crippen LogP contribution < -0.4 is 15.4 Å². The normalized spacial score (nSPS) is 11.2. The van der Waals surface area contributed by atoms with E-state index in [4.69, 9.17) is 16.3 Å². The lowest BCUT2D eigenvalue weighted by atomic mass is 10.2. The Kier molecular flexibility index (Phi) is 8.61. The summed E-state index contributed by atoms with van der Waals surface area (Å²) in [6.45, 7) is 0.326. The number of nitrogens with zero attached hydrogens (tertiary/aromatic N) is 1. The molecule has 0 radical (unpaired) electrons. The van der Waals surface area contributed by atoms with Gasteiger partial charge in [0.1, 0.15) is 17.4 Å². The largest absolute Gasteiger partial charge is 0.497 e. The van der Waals surface area contributed by atoms with Crippen LogP contribution in [0.5, 0.6) is 5.75 Å². The molecule has 3 aromatic carbocycles. The van der Waals surface area contributed by atoms with E-state index in [0.717, 1.165) is 11.1 Å². The zero-order valence-electron chi connectivity index (χ0n) is 17.5. The fourth-order valence-corrected chi connectivity index (χ4v) is 4.15. The fourth-order valence-electron chi connectivity index (χ4n) is 2.84. The lowest BCUT2D eigenvalue weighted by Gasteiger charge is -2.15. The Labute approximate surface area is 197 Å². The molecule has 0 aliphatic heterocycles. The molecule has 3 rings (SSSR count). The molecule has 5 nitrogen and oxygen atoms in total. The van der Waals surface area contributed by atoms with Crippen LogP contribution >= 0.6 is 23.4 Å². The molecule has 2 N–H and O–H groups in total. The summed E-state index contributed by atoms with van der Waals surface area (Å²) in [5.41, 5.74) is 2.56. The van der Waals surface area contributed by atoms with Gasteiger partial charge in [-0.05, 0) is 29.3 Å². The van der Waals surface area contributed by atoms with Gasteiger partial charge in [-0.25, -0.2) is 0 Å². The number of thioether (sulfide) groups is 1. The summed E-state index contributed by atoms with van der Waals surface area (Å²) in [5, 5.41) is 16.9. The third kappa shape index (κ3) is 6.55. The third-order valence-corrected chi connectivity index (χ3v) is 5.94. The number of anilines is 1. The van der Waals surface area contributed by atoms with E-state index in [-0.39, 0.29) is 5.57 Å². The van der Waals surface area contributed by atoms with Crippen LogP contribution in [-0.4, -0.2) is 13.0 Å². The second-order valence-corrected chi connectivity index (χ2v) is 8.11. The van der Waals surface area contributed by atoms with Crippen molar-refractivity contribution in [3.8, 4) is 11.8 Å². The molecule has 162 valence electrons. The molecule has 0 heterocycles. The number of ether oxygens (including phenoxy) is 1. The zero-order chi connectivity index (χ0) is 22.8. The number of carbonyl (C=O) groups excluding carboxylic acids is 1. The number of benzene rings is 3. The highest BCUT2D eigenvalue weighted by Gasteiger charge is 2.17. The molecule has 0 fully saturated rings. The third-order valence-electron chi connectivity index (χ3n) is 4.52. The van der Waals surface area contributed by atoms with Crippen LogP contribution in [0.25, 0.3) is 0 Å². The van der Waals surface area contributed by atoms with E-state index in [1.165, 1.54) is 11.8 Å². The standard InChI is InChI=1S/C25H22ClN3O2S/c1-31-21-12-7-11-20(14-21)29-25(32-17-19-10-5-6-13-23(19)26)22(15-27)24(30)28-16-18-8-3-2-4-9-18/h2-14,29H,16-17H2,1H3,(H,28,30)/b25-22+. The highest BCUT2D eigenvalue weighted by molar-refractivity contribution is 8.02. The first-order valence-corrected chi connectivity index (χ1v) is 11.2. The average molecular weight is 464 g/mol. The van der Waals surface area contributed by atoms with E-state index in [2.05, 4.69) is 16.7 Å². The highest BCUT2D eigenvalue weighted by Crippen LogP contribution is 2.30. The van der Waals surface area contributed by atoms with Gasteiger partial charge in [0.2, 0.25) is 0 Å². The molecule has 3 aromatic rings. The Balaban J connectivity index is 1.86. The van der Waals surface area contributed by atoms with Crippen molar-refractivity contribution in [3.05, 3.63) is 106 Å². The Morgan fingerprint density at radius 1 is 1.06 bits per heavy atom. The van der Waals surface area contributed by atoms with Crippen LogP contribution in [0.15, 0.2) is 89.5 Å². The molecule has 0 atom stereocenters. The number of amides is 1. The Hall–Kier alpha value is -3.40. The van der Waals surface area contributed by atoms with Crippen molar-refractivity contribution in [1.82, 2.24) is 5.32 Å². The van der Waals surface area contributed by atoms with Crippen molar-refractivity contribution >= 4 is 35.0 Å². The Bertz CT molecular complexity index is 1140. The van der Waals surface area contributed by atoms with Gasteiger partial charge in [-0.3, -0.25) is 4.79 Å². The van der Waals surface area contributed by atoms with Crippen molar-refractivity contribution in [3.63, 3.8) is 0 Å². The minimum atomic E-state index is -0.451. The van der Waals surface area contributed by atoms with Crippen LogP contribution in [0.2, 0.25) is 5.02 Å². The molecule has 32 heavy (non-hydrogen) atoms. The fraction of sp³-hybridized carbons (Fsp3) is 0.120. The lowest BCUT2D eigenvalue weighted by molar-refractivity contribution is -0.117. The summed E-state index contributed by atoms with van der Waals surface area (Å²) in [6.07, 6.45) is 0. The predicted octanol–water partition coefficient (Wildman–Crippen LogP) is 5.75. The van der Waals surface area contributed by atoms with Crippen LogP contribution in [0.1, 0.15) is 11.1 Å². The lowest BCUT2D eigenvalue weighted by Crippen LogP contribution is -2.25. The van der Waals surface area contributed by atoms with Crippen molar-refractivity contribution < 1.29 is 9.53 Å². The van der Waals surface area contributed by atoms with Gasteiger partial charge in [0.15, 0.2) is 0 Å². The summed E-state index contributed by atoms with van der Waals surface area (Å²) in [7, 11) is 1.58. The van der Waals surface area contributed by atoms with E-state index in [1.807, 2.05) is 72.8 Å². The minimum Gasteiger partial charge on any atom is -0.497 e.